The summed E-state index contributed by atoms with van der Waals surface area (Å²) in [6, 6.07) is -0.939. The molecule has 0 aliphatic rings. The number of hydrogen-bond donors (Lipinski definition) is 3. The number of hydrogen-bond acceptors (Lipinski definition) is 3. The second-order valence-electron chi connectivity index (χ2n) is 6.18. The van der Waals surface area contributed by atoms with E-state index >= 15 is 0 Å². The summed E-state index contributed by atoms with van der Waals surface area (Å²) in [6.45, 7) is 9.80. The molecule has 26 heavy (non-hydrogen) atoms. The molecule has 0 aromatic carbocycles. The van der Waals surface area contributed by atoms with Gasteiger partial charge < -0.3 is 16.4 Å². The highest BCUT2D eigenvalue weighted by Crippen LogP contribution is 2.06. The Morgan fingerprint density at radius 2 is 1.77 bits per heavy atom. The quantitative estimate of drug-likeness (QED) is 0.308. The van der Waals surface area contributed by atoms with Crippen molar-refractivity contribution in [1.82, 2.24) is 10.6 Å². The van der Waals surface area contributed by atoms with Crippen molar-refractivity contribution in [3.63, 3.8) is 0 Å². The number of carbonyl (C=O) groups excluding carboxylic acids is 3. The molecule has 1 atom stereocenters. The van der Waals surface area contributed by atoms with E-state index in [9.17, 15) is 14.4 Å². The monoisotopic (exact) mass is 363 g/mol. The van der Waals surface area contributed by atoms with Gasteiger partial charge in [0.15, 0.2) is 0 Å². The molecule has 4 N–H and O–H groups in total. The molecular weight excluding hydrogens is 330 g/mol. The summed E-state index contributed by atoms with van der Waals surface area (Å²) in [5, 5.41) is 5.33. The van der Waals surface area contributed by atoms with Crippen LogP contribution in [0.25, 0.3) is 0 Å². The van der Waals surface area contributed by atoms with E-state index in [1.807, 2.05) is 0 Å². The Kier molecular flexibility index (Phi) is 13.6. The fourth-order valence-electron chi connectivity index (χ4n) is 2.42. The average molecular weight is 364 g/mol. The number of allylic oxidation sites excluding steroid dienone is 3. The zero-order valence-corrected chi connectivity index (χ0v) is 15.9. The molecule has 0 spiro atoms. The van der Waals surface area contributed by atoms with Crippen LogP contribution in [0, 0.1) is 0 Å². The molecule has 0 aromatic rings. The van der Waals surface area contributed by atoms with Gasteiger partial charge in [0.05, 0.1) is 6.42 Å². The fraction of sp³-hybridized carbons (Fsp3) is 0.550. The lowest BCUT2D eigenvalue weighted by atomic mass is 10.1. The van der Waals surface area contributed by atoms with Crippen molar-refractivity contribution in [2.45, 2.75) is 64.3 Å². The van der Waals surface area contributed by atoms with Crippen LogP contribution >= 0.6 is 0 Å². The van der Waals surface area contributed by atoms with Gasteiger partial charge in [-0.3, -0.25) is 14.4 Å². The van der Waals surface area contributed by atoms with E-state index in [1.165, 1.54) is 0 Å². The van der Waals surface area contributed by atoms with Gasteiger partial charge in [-0.05, 0) is 18.4 Å². The largest absolute Gasteiger partial charge is 0.370 e. The molecule has 0 saturated carbocycles. The topological polar surface area (TPSA) is 101 Å². The molecule has 6 heteroatoms. The minimum Gasteiger partial charge on any atom is -0.370 e. The maximum Gasteiger partial charge on any atom is 0.243 e. The maximum absolute atomic E-state index is 12.3. The lowest BCUT2D eigenvalue weighted by Crippen LogP contribution is -2.48. The molecule has 0 rings (SSSR count). The van der Waals surface area contributed by atoms with E-state index in [0.29, 0.717) is 19.4 Å². The third-order valence-electron chi connectivity index (χ3n) is 3.87. The number of nitrogens with one attached hydrogen (secondary N) is 2. The summed E-state index contributed by atoms with van der Waals surface area (Å²) in [7, 11) is 0. The van der Waals surface area contributed by atoms with Crippen LogP contribution in [0.2, 0.25) is 0 Å². The summed E-state index contributed by atoms with van der Waals surface area (Å²) < 4.78 is 0. The molecule has 3 amide bonds. The molecular formula is C20H33N3O3. The maximum atomic E-state index is 12.3. The number of carbonyl (C=O) groups is 3. The first kappa shape index (κ1) is 23.6. The van der Waals surface area contributed by atoms with E-state index in [-0.39, 0.29) is 12.3 Å². The Hall–Kier alpha value is -2.37. The lowest BCUT2D eigenvalue weighted by Gasteiger charge is -2.17. The van der Waals surface area contributed by atoms with Crippen molar-refractivity contribution in [3.05, 3.63) is 37.0 Å². The van der Waals surface area contributed by atoms with Crippen LogP contribution in [0.5, 0.6) is 0 Å². The zero-order chi connectivity index (χ0) is 19.8. The predicted octanol–water partition coefficient (Wildman–Crippen LogP) is 2.51. The smallest absolute Gasteiger partial charge is 0.243 e. The fourth-order valence-corrected chi connectivity index (χ4v) is 2.42. The summed E-state index contributed by atoms with van der Waals surface area (Å²) in [6.07, 6.45) is 11.0. The Labute approximate surface area is 157 Å². The molecule has 146 valence electrons. The van der Waals surface area contributed by atoms with Gasteiger partial charge in [0, 0.05) is 13.0 Å². The Morgan fingerprint density at radius 3 is 2.35 bits per heavy atom. The van der Waals surface area contributed by atoms with Crippen molar-refractivity contribution in [1.29, 1.82) is 0 Å². The molecule has 0 aliphatic heterocycles. The molecule has 0 saturated heterocycles. The molecule has 0 bridgehead atoms. The normalized spacial score (nSPS) is 12.1. The van der Waals surface area contributed by atoms with E-state index in [4.69, 9.17) is 5.73 Å². The number of amides is 3. The molecule has 0 radical (unpaired) electrons. The van der Waals surface area contributed by atoms with E-state index in [2.05, 4.69) is 30.7 Å². The summed E-state index contributed by atoms with van der Waals surface area (Å²) in [4.78, 5) is 35.5. The minimum atomic E-state index is -0.939. The number of nitrogens with two attached hydrogens (primary N) is 1. The SMILES string of the molecule is C=C/C=C(\C=C)CCNC(=O)C(CC(N)=O)NC(=O)CCCCCCC. The van der Waals surface area contributed by atoms with Gasteiger partial charge in [0.2, 0.25) is 17.7 Å². The van der Waals surface area contributed by atoms with Crippen LogP contribution in [0.3, 0.4) is 0 Å². The first-order chi connectivity index (χ1) is 12.4. The highest BCUT2D eigenvalue weighted by molar-refractivity contribution is 5.91. The molecule has 0 aromatic heterocycles. The first-order valence-corrected chi connectivity index (χ1v) is 9.24. The van der Waals surface area contributed by atoms with Gasteiger partial charge in [-0.25, -0.2) is 0 Å². The second-order valence-corrected chi connectivity index (χ2v) is 6.18. The van der Waals surface area contributed by atoms with Crippen molar-refractivity contribution < 1.29 is 14.4 Å². The number of unbranched alkanes of at least 4 members (excludes halogenated alkanes) is 4. The first-order valence-electron chi connectivity index (χ1n) is 9.24. The van der Waals surface area contributed by atoms with Crippen molar-refractivity contribution in [3.8, 4) is 0 Å². The molecule has 6 nitrogen and oxygen atoms in total. The number of rotatable bonds is 15. The highest BCUT2D eigenvalue weighted by atomic mass is 16.2. The lowest BCUT2D eigenvalue weighted by molar-refractivity contribution is -0.131. The number of primary amides is 1. The Bertz CT molecular complexity index is 512. The summed E-state index contributed by atoms with van der Waals surface area (Å²) >= 11 is 0. The highest BCUT2D eigenvalue weighted by Gasteiger charge is 2.22. The van der Waals surface area contributed by atoms with Gasteiger partial charge in [0.1, 0.15) is 6.04 Å². The van der Waals surface area contributed by atoms with E-state index < -0.39 is 17.9 Å². The Balaban J connectivity index is 4.43. The van der Waals surface area contributed by atoms with Gasteiger partial charge in [0.25, 0.3) is 0 Å². The summed E-state index contributed by atoms with van der Waals surface area (Å²) in [5.74, 6) is -1.28. The predicted molar refractivity (Wildman–Crippen MR) is 105 cm³/mol. The third-order valence-corrected chi connectivity index (χ3v) is 3.87. The van der Waals surface area contributed by atoms with Gasteiger partial charge in [-0.2, -0.15) is 0 Å². The van der Waals surface area contributed by atoms with E-state index in [0.717, 1.165) is 37.7 Å². The molecule has 0 aliphatic carbocycles. The molecule has 0 fully saturated rings. The Morgan fingerprint density at radius 1 is 1.08 bits per heavy atom. The van der Waals surface area contributed by atoms with Crippen LogP contribution < -0.4 is 16.4 Å². The zero-order valence-electron chi connectivity index (χ0n) is 15.9. The summed E-state index contributed by atoms with van der Waals surface area (Å²) in [5.41, 5.74) is 6.13. The van der Waals surface area contributed by atoms with Crippen molar-refractivity contribution in [2.24, 2.45) is 5.73 Å². The average Bonchev–Trinajstić information content (AvgIpc) is 2.59. The molecule has 0 heterocycles. The second kappa shape index (κ2) is 14.9. The third kappa shape index (κ3) is 12.1. The molecule has 1 unspecified atom stereocenters. The van der Waals surface area contributed by atoms with Crippen LogP contribution in [0.1, 0.15) is 58.3 Å². The van der Waals surface area contributed by atoms with Crippen LogP contribution in [0.4, 0.5) is 0 Å². The van der Waals surface area contributed by atoms with Crippen LogP contribution in [-0.4, -0.2) is 30.3 Å². The van der Waals surface area contributed by atoms with Crippen LogP contribution in [0.15, 0.2) is 37.0 Å². The van der Waals surface area contributed by atoms with E-state index in [1.54, 1.807) is 18.2 Å². The van der Waals surface area contributed by atoms with Gasteiger partial charge in [-0.1, -0.05) is 64.0 Å². The van der Waals surface area contributed by atoms with Gasteiger partial charge in [-0.15, -0.1) is 0 Å². The van der Waals surface area contributed by atoms with Crippen molar-refractivity contribution in [2.75, 3.05) is 6.54 Å². The van der Waals surface area contributed by atoms with Crippen LogP contribution in [-0.2, 0) is 14.4 Å². The van der Waals surface area contributed by atoms with Gasteiger partial charge >= 0.3 is 0 Å². The van der Waals surface area contributed by atoms with Crippen molar-refractivity contribution >= 4 is 17.7 Å². The minimum absolute atomic E-state index is 0.218. The standard InChI is InChI=1S/C20H33N3O3/c1-4-7-8-9-10-12-19(25)23-17(15-18(21)24)20(26)22-14-13-16(6-3)11-5-2/h5-6,11,17H,2-4,7-10,12-15H2,1H3,(H2,21,24)(H,22,26)(H,23,25)/b16-11+.